The van der Waals surface area contributed by atoms with Crippen molar-refractivity contribution in [2.45, 2.75) is 38.8 Å². The van der Waals surface area contributed by atoms with Gasteiger partial charge in [0.15, 0.2) is 0 Å². The molecule has 0 bridgehead atoms. The van der Waals surface area contributed by atoms with Gasteiger partial charge in [-0.05, 0) is 70.7 Å². The second-order valence-electron chi connectivity index (χ2n) is 6.98. The van der Waals surface area contributed by atoms with Gasteiger partial charge >= 0.3 is 6.09 Å². The zero-order valence-electron chi connectivity index (χ0n) is 15.3. The lowest BCUT2D eigenvalue weighted by molar-refractivity contribution is 0.0520. The van der Waals surface area contributed by atoms with Gasteiger partial charge in [0.05, 0.1) is 14.7 Å². The number of thiophene rings is 1. The highest BCUT2D eigenvalue weighted by atomic mass is 79.9. The summed E-state index contributed by atoms with van der Waals surface area (Å²) in [6, 6.07) is 11.3. The fourth-order valence-corrected chi connectivity index (χ4v) is 4.25. The number of hydrogen-bond acceptors (Lipinski definition) is 4. The summed E-state index contributed by atoms with van der Waals surface area (Å²) in [7, 11) is 0. The molecule has 5 nitrogen and oxygen atoms in total. The number of ether oxygens (including phenoxy) is 1. The van der Waals surface area contributed by atoms with Gasteiger partial charge in [0.1, 0.15) is 5.60 Å². The maximum absolute atomic E-state index is 12.6. The standard InChI is InChI=1S/C19H22Br2N2O3S/c1-19(2,3)26-18(25)22-11-13(9-12-7-5-4-6-8-12)23-17(24)15-10-14(20)16(21)27-15/h4-8,10,13H,9,11H2,1-3H3,(H,22,25)(H,23,24). The number of amides is 2. The molecule has 0 aliphatic heterocycles. The highest BCUT2D eigenvalue weighted by Crippen LogP contribution is 2.32. The Kier molecular flexibility index (Phi) is 7.88. The average molecular weight is 518 g/mol. The first-order valence-corrected chi connectivity index (χ1v) is 10.8. The fourth-order valence-electron chi connectivity index (χ4n) is 2.31. The van der Waals surface area contributed by atoms with Crippen LogP contribution in [0.25, 0.3) is 0 Å². The van der Waals surface area contributed by atoms with E-state index in [0.717, 1.165) is 13.8 Å². The SMILES string of the molecule is CC(C)(C)OC(=O)NCC(Cc1ccccc1)NC(=O)c1cc(Br)c(Br)s1. The second-order valence-corrected chi connectivity index (χ2v) is 10.2. The van der Waals surface area contributed by atoms with Crippen LogP contribution in [0.3, 0.4) is 0 Å². The first-order valence-electron chi connectivity index (χ1n) is 8.40. The number of nitrogens with one attached hydrogen (secondary N) is 2. The molecule has 0 aliphatic rings. The van der Waals surface area contributed by atoms with Crippen molar-refractivity contribution in [1.82, 2.24) is 10.6 Å². The molecule has 27 heavy (non-hydrogen) atoms. The summed E-state index contributed by atoms with van der Waals surface area (Å²) < 4.78 is 6.97. The molecular formula is C19H22Br2N2O3S. The lowest BCUT2D eigenvalue weighted by atomic mass is 10.1. The highest BCUT2D eigenvalue weighted by Gasteiger charge is 2.20. The van der Waals surface area contributed by atoms with E-state index in [1.807, 2.05) is 51.1 Å². The number of hydrogen-bond donors (Lipinski definition) is 2. The Morgan fingerprint density at radius 3 is 2.41 bits per heavy atom. The Balaban J connectivity index is 2.04. The van der Waals surface area contributed by atoms with E-state index in [2.05, 4.69) is 42.5 Å². The van der Waals surface area contributed by atoms with Crippen LogP contribution < -0.4 is 10.6 Å². The van der Waals surface area contributed by atoms with Crippen molar-refractivity contribution >= 4 is 55.2 Å². The zero-order valence-corrected chi connectivity index (χ0v) is 19.3. The predicted molar refractivity (Wildman–Crippen MR) is 115 cm³/mol. The summed E-state index contributed by atoms with van der Waals surface area (Å²) >= 11 is 8.14. The Morgan fingerprint density at radius 2 is 1.85 bits per heavy atom. The molecular weight excluding hydrogens is 496 g/mol. The van der Waals surface area contributed by atoms with Crippen molar-refractivity contribution in [1.29, 1.82) is 0 Å². The second kappa shape index (κ2) is 9.71. The lowest BCUT2D eigenvalue weighted by Crippen LogP contribution is -2.45. The monoisotopic (exact) mass is 516 g/mol. The van der Waals surface area contributed by atoms with Crippen LogP contribution in [0.5, 0.6) is 0 Å². The van der Waals surface area contributed by atoms with Gasteiger partial charge in [0, 0.05) is 11.0 Å². The topological polar surface area (TPSA) is 67.4 Å². The third-order valence-electron chi connectivity index (χ3n) is 3.42. The first kappa shape index (κ1) is 21.9. The number of rotatable bonds is 6. The van der Waals surface area contributed by atoms with Gasteiger partial charge in [-0.25, -0.2) is 4.79 Å². The Labute approximate surface area is 180 Å². The van der Waals surface area contributed by atoms with Crippen LogP contribution in [0.1, 0.15) is 36.0 Å². The van der Waals surface area contributed by atoms with Gasteiger partial charge < -0.3 is 15.4 Å². The van der Waals surface area contributed by atoms with Crippen LogP contribution in [0.2, 0.25) is 0 Å². The molecule has 2 amide bonds. The molecule has 1 atom stereocenters. The third kappa shape index (κ3) is 7.63. The number of halogens is 2. The summed E-state index contributed by atoms with van der Waals surface area (Å²) in [6.45, 7) is 5.69. The fraction of sp³-hybridized carbons (Fsp3) is 0.368. The van der Waals surface area contributed by atoms with E-state index in [4.69, 9.17) is 4.74 Å². The van der Waals surface area contributed by atoms with Crippen molar-refractivity contribution in [3.63, 3.8) is 0 Å². The van der Waals surface area contributed by atoms with Crippen LogP contribution in [-0.4, -0.2) is 30.2 Å². The Bertz CT molecular complexity index is 768. The van der Waals surface area contributed by atoms with E-state index >= 15 is 0 Å². The molecule has 0 fully saturated rings. The van der Waals surface area contributed by atoms with Crippen molar-refractivity contribution in [3.05, 3.63) is 55.1 Å². The van der Waals surface area contributed by atoms with Crippen molar-refractivity contribution < 1.29 is 14.3 Å². The average Bonchev–Trinajstić information content (AvgIpc) is 2.91. The van der Waals surface area contributed by atoms with E-state index in [-0.39, 0.29) is 18.5 Å². The van der Waals surface area contributed by atoms with Gasteiger partial charge in [0.2, 0.25) is 0 Å². The molecule has 1 aromatic carbocycles. The van der Waals surface area contributed by atoms with Crippen molar-refractivity contribution in [2.24, 2.45) is 0 Å². The van der Waals surface area contributed by atoms with Crippen LogP contribution in [0, 0.1) is 0 Å². The van der Waals surface area contributed by atoms with Gasteiger partial charge in [-0.15, -0.1) is 11.3 Å². The minimum absolute atomic E-state index is 0.182. The molecule has 2 aromatic rings. The van der Waals surface area contributed by atoms with Gasteiger partial charge in [-0.3, -0.25) is 4.79 Å². The van der Waals surface area contributed by atoms with Crippen LogP contribution >= 0.6 is 43.2 Å². The third-order valence-corrected chi connectivity index (χ3v) is 6.68. The lowest BCUT2D eigenvalue weighted by Gasteiger charge is -2.22. The smallest absolute Gasteiger partial charge is 0.407 e. The van der Waals surface area contributed by atoms with Gasteiger partial charge in [-0.2, -0.15) is 0 Å². The van der Waals surface area contributed by atoms with Gasteiger partial charge in [-0.1, -0.05) is 30.3 Å². The highest BCUT2D eigenvalue weighted by molar-refractivity contribution is 9.13. The molecule has 2 rings (SSSR count). The molecule has 0 aliphatic carbocycles. The van der Waals surface area contributed by atoms with Gasteiger partial charge in [0.25, 0.3) is 5.91 Å². The zero-order chi connectivity index (χ0) is 20.0. The van der Waals surface area contributed by atoms with Crippen molar-refractivity contribution in [3.8, 4) is 0 Å². The molecule has 2 N–H and O–H groups in total. The largest absolute Gasteiger partial charge is 0.444 e. The molecule has 0 spiro atoms. The number of alkyl carbamates (subject to hydrolysis) is 1. The molecule has 0 radical (unpaired) electrons. The number of carbonyl (C=O) groups is 2. The summed E-state index contributed by atoms with van der Waals surface area (Å²) in [5.41, 5.74) is 0.500. The Hall–Kier alpha value is -1.38. The van der Waals surface area contributed by atoms with E-state index < -0.39 is 11.7 Å². The minimum Gasteiger partial charge on any atom is -0.444 e. The summed E-state index contributed by atoms with van der Waals surface area (Å²) in [5.74, 6) is -0.182. The summed E-state index contributed by atoms with van der Waals surface area (Å²) in [5, 5.41) is 5.74. The summed E-state index contributed by atoms with van der Waals surface area (Å²) in [6.07, 6.45) is 0.0900. The van der Waals surface area contributed by atoms with Crippen molar-refractivity contribution in [2.75, 3.05) is 6.54 Å². The molecule has 1 aromatic heterocycles. The number of benzene rings is 1. The molecule has 0 saturated heterocycles. The molecule has 146 valence electrons. The van der Waals surface area contributed by atoms with Crippen LogP contribution in [-0.2, 0) is 11.2 Å². The van der Waals surface area contributed by atoms with E-state index in [9.17, 15) is 9.59 Å². The van der Waals surface area contributed by atoms with E-state index in [0.29, 0.717) is 11.3 Å². The normalized spacial score (nSPS) is 12.3. The Morgan fingerprint density at radius 1 is 1.19 bits per heavy atom. The molecule has 1 unspecified atom stereocenters. The maximum atomic E-state index is 12.6. The first-order chi connectivity index (χ1) is 12.6. The van der Waals surface area contributed by atoms with Crippen LogP contribution in [0.15, 0.2) is 44.7 Å². The molecule has 8 heteroatoms. The quantitative estimate of drug-likeness (QED) is 0.557. The van der Waals surface area contributed by atoms with E-state index in [1.165, 1.54) is 11.3 Å². The summed E-state index contributed by atoms with van der Waals surface area (Å²) in [4.78, 5) is 25.1. The predicted octanol–water partition coefficient (Wildman–Crippen LogP) is 5.14. The number of carbonyl (C=O) groups excluding carboxylic acids is 2. The van der Waals surface area contributed by atoms with Crippen LogP contribution in [0.4, 0.5) is 4.79 Å². The van der Waals surface area contributed by atoms with E-state index in [1.54, 1.807) is 6.07 Å². The maximum Gasteiger partial charge on any atom is 0.407 e. The minimum atomic E-state index is -0.572. The molecule has 1 heterocycles. The molecule has 0 saturated carbocycles.